The Morgan fingerprint density at radius 1 is 1.50 bits per heavy atom. The summed E-state index contributed by atoms with van der Waals surface area (Å²) in [5.74, 6) is -1.08. The van der Waals surface area contributed by atoms with Gasteiger partial charge in [0.2, 0.25) is 0 Å². The molecule has 10 heavy (non-hydrogen) atoms. The van der Waals surface area contributed by atoms with Gasteiger partial charge < -0.3 is 19.0 Å². The monoisotopic (exact) mass is 379 g/mol. The Hall–Kier alpha value is 0.682. The van der Waals surface area contributed by atoms with Crippen molar-refractivity contribution in [3.63, 3.8) is 0 Å². The average Bonchev–Trinajstić information content (AvgIpc) is 1.19. The van der Waals surface area contributed by atoms with Gasteiger partial charge in [-0.05, 0) is 18.1 Å². The zero-order valence-corrected chi connectivity index (χ0v) is 10.4. The number of carbonyl (C=O) groups is 1. The molecule has 0 aliphatic heterocycles. The molecular weight excluding hydrogens is 375 g/mol. The van der Waals surface area contributed by atoms with Gasteiger partial charge in [-0.3, -0.25) is 4.21 Å². The quantitative estimate of drug-likeness (QED) is 0.427. The third-order valence-electron chi connectivity index (χ3n) is 0. The summed E-state index contributed by atoms with van der Waals surface area (Å²) in [4.78, 5) is 8.89. The predicted octanol–water partition coefficient (Wildman–Crippen LogP) is -2.63. The van der Waals surface area contributed by atoms with Crippen LogP contribution in [0, 0.1) is 0 Å². The third kappa shape index (κ3) is 1100. The van der Waals surface area contributed by atoms with E-state index in [1.54, 1.807) is 0 Å². The molecule has 0 atom stereocenters. The van der Waals surface area contributed by atoms with Crippen LogP contribution in [0.3, 0.4) is 0 Å². The van der Waals surface area contributed by atoms with Crippen LogP contribution in [0.4, 0.5) is 0 Å². The van der Waals surface area contributed by atoms with Crippen LogP contribution in [0.25, 0.3) is 0 Å². The molecule has 8 heteroatoms. The number of rotatable bonds is 0. The first-order valence-corrected chi connectivity index (χ1v) is 3.91. The number of carboxylic acid groups (broad SMARTS) is 1. The van der Waals surface area contributed by atoms with Crippen LogP contribution >= 0.6 is 0 Å². The van der Waals surface area contributed by atoms with E-state index in [9.17, 15) is 0 Å². The zero-order valence-electron chi connectivity index (χ0n) is 4.86. The summed E-state index contributed by atoms with van der Waals surface area (Å²) < 4.78 is 26.7. The van der Waals surface area contributed by atoms with Crippen molar-refractivity contribution in [2.75, 3.05) is 0 Å². The van der Waals surface area contributed by atoms with Crippen molar-refractivity contribution in [1.29, 1.82) is 0 Å². The van der Waals surface area contributed by atoms with Gasteiger partial charge in [0.25, 0.3) is 0 Å². The first kappa shape index (κ1) is 17.0. The van der Waals surface area contributed by atoms with E-state index in [-0.39, 0.29) is 27.3 Å². The summed E-state index contributed by atoms with van der Waals surface area (Å²) in [6.07, 6.45) is 0. The second-order valence-corrected chi connectivity index (χ2v) is 2.94. The molecule has 4 radical (unpaired) electrons. The van der Waals surface area contributed by atoms with E-state index in [4.69, 9.17) is 23.2 Å². The number of carboxylic acids is 1. The third-order valence-corrected chi connectivity index (χ3v) is 0. The fourth-order valence-electron chi connectivity index (χ4n) is 0. The normalized spacial score (nSPS) is 8.30. The Labute approximate surface area is 83.3 Å². The summed E-state index contributed by atoms with van der Waals surface area (Å²) in [5, 5.41) is 8.89. The summed E-state index contributed by atoms with van der Waals surface area (Å²) in [6, 6.07) is 0. The minimum atomic E-state index is -4.33. The Bertz CT molecular complexity index is 160. The van der Waals surface area contributed by atoms with Gasteiger partial charge in [0, 0.05) is 33.3 Å². The number of carbonyl (C=O) groups excluding carboxylic acids is 1. The molecule has 0 fully saturated rings. The maximum absolute atomic E-state index is 8.89. The van der Waals surface area contributed by atoms with Gasteiger partial charge in [0.1, 0.15) is 0 Å². The molecule has 0 bridgehead atoms. The molecule has 0 aromatic heterocycles. The minimum Gasteiger partial charge on any atom is -0.780 e. The maximum Gasteiger partial charge on any atom is 0.0383 e. The van der Waals surface area contributed by atoms with E-state index in [1.165, 1.54) is 0 Å². The van der Waals surface area contributed by atoms with E-state index in [0.29, 0.717) is 0 Å². The molecule has 0 aliphatic carbocycles. The molecule has 0 saturated heterocycles. The Morgan fingerprint density at radius 2 is 1.50 bits per heavy atom. The molecule has 0 aromatic carbocycles. The summed E-state index contributed by atoms with van der Waals surface area (Å²) in [5.41, 5.74) is 0. The fourth-order valence-corrected chi connectivity index (χ4v) is 0. The molecule has 0 heterocycles. The molecule has 0 aromatic rings. The standard InChI is InChI=1S/C2H4O2.H2O3S2.Pb/c1-2(3)4;1-5(2,3)4;/h1H3,(H,3,4);(H2,1,2,3,4);/p-3. The van der Waals surface area contributed by atoms with Gasteiger partial charge in [-0.25, -0.2) is 0 Å². The Kier molecular flexibility index (Phi) is 13.2. The van der Waals surface area contributed by atoms with Crippen LogP contribution in [-0.4, -0.2) is 46.6 Å². The molecule has 0 spiro atoms. The molecule has 0 rings (SSSR count). The first-order valence-electron chi connectivity index (χ1n) is 1.57. The SMILES string of the molecule is CC(=O)[O-].O=S([O-])([O-])=S.[Pb]. The number of aliphatic carboxylic acids is 1. The minimum absolute atomic E-state index is 0. The molecule has 60 valence electrons. The molecule has 0 N–H and O–H groups in total. The van der Waals surface area contributed by atoms with Gasteiger partial charge >= 0.3 is 0 Å². The van der Waals surface area contributed by atoms with E-state index in [2.05, 4.69) is 11.2 Å². The Morgan fingerprint density at radius 3 is 1.50 bits per heavy atom. The van der Waals surface area contributed by atoms with Crippen molar-refractivity contribution < 1.29 is 23.2 Å². The summed E-state index contributed by atoms with van der Waals surface area (Å²) in [6.45, 7) is 0.972. The summed E-state index contributed by atoms with van der Waals surface area (Å²) >= 11 is 3.24. The number of hydrogen-bond donors (Lipinski definition) is 0. The molecule has 0 unspecified atom stereocenters. The fraction of sp³-hybridized carbons (Fsp3) is 0.500. The van der Waals surface area contributed by atoms with E-state index in [0.717, 1.165) is 6.92 Å². The average molecular weight is 378 g/mol. The van der Waals surface area contributed by atoms with Gasteiger partial charge in [-0.15, -0.1) is 9.05 Å². The first-order chi connectivity index (χ1) is 3.73. The van der Waals surface area contributed by atoms with Crippen LogP contribution in [0.15, 0.2) is 0 Å². The van der Waals surface area contributed by atoms with E-state index >= 15 is 0 Å². The van der Waals surface area contributed by atoms with E-state index < -0.39 is 15.0 Å². The van der Waals surface area contributed by atoms with Crippen LogP contribution in [-0.2, 0) is 25.0 Å². The molecule has 0 saturated carbocycles. The van der Waals surface area contributed by atoms with Crippen molar-refractivity contribution in [3.8, 4) is 0 Å². The van der Waals surface area contributed by atoms with Crippen LogP contribution in [0.2, 0.25) is 0 Å². The van der Waals surface area contributed by atoms with Crippen LogP contribution in [0.5, 0.6) is 0 Å². The smallest absolute Gasteiger partial charge is 0.0383 e. The van der Waals surface area contributed by atoms with Crippen molar-refractivity contribution in [2.24, 2.45) is 0 Å². The van der Waals surface area contributed by atoms with Gasteiger partial charge in [0.05, 0.1) is 0 Å². The molecule has 0 amide bonds. The molecule has 0 aliphatic rings. The van der Waals surface area contributed by atoms with Crippen molar-refractivity contribution in [1.82, 2.24) is 0 Å². The van der Waals surface area contributed by atoms with E-state index in [1.807, 2.05) is 0 Å². The van der Waals surface area contributed by atoms with Crippen molar-refractivity contribution in [3.05, 3.63) is 0 Å². The van der Waals surface area contributed by atoms with Crippen molar-refractivity contribution >= 4 is 53.5 Å². The zero-order chi connectivity index (χ0) is 8.08. The van der Waals surface area contributed by atoms with Gasteiger partial charge in [0.15, 0.2) is 0 Å². The topological polar surface area (TPSA) is 103 Å². The maximum atomic E-state index is 8.89. The molecular formula is C2H3O5PbS2-3. The molecule has 5 nitrogen and oxygen atoms in total. The summed E-state index contributed by atoms with van der Waals surface area (Å²) in [7, 11) is -4.33. The second kappa shape index (κ2) is 7.79. The van der Waals surface area contributed by atoms with Crippen LogP contribution in [0.1, 0.15) is 6.92 Å². The number of hydrogen-bond acceptors (Lipinski definition) is 6. The van der Waals surface area contributed by atoms with Crippen LogP contribution < -0.4 is 5.11 Å². The van der Waals surface area contributed by atoms with Gasteiger partial charge in [-0.2, -0.15) is 0 Å². The largest absolute Gasteiger partial charge is 0.780 e. The van der Waals surface area contributed by atoms with Gasteiger partial charge in [-0.1, -0.05) is 0 Å². The predicted molar refractivity (Wildman–Crippen MR) is 33.5 cm³/mol. The second-order valence-electron chi connectivity index (χ2n) is 0.900. The van der Waals surface area contributed by atoms with Crippen molar-refractivity contribution in [2.45, 2.75) is 6.92 Å². The Balaban J connectivity index is -0.0000000910.